The predicted octanol–water partition coefficient (Wildman–Crippen LogP) is 4.28. The summed E-state index contributed by atoms with van der Waals surface area (Å²) in [4.78, 5) is 2.80. The highest BCUT2D eigenvalue weighted by Crippen LogP contribution is 2.39. The van der Waals surface area contributed by atoms with Crippen LogP contribution in [-0.4, -0.2) is 19.3 Å². The molecule has 1 N–H and O–H groups in total. The Morgan fingerprint density at radius 3 is 2.89 bits per heavy atom. The number of halogens is 1. The van der Waals surface area contributed by atoms with Crippen molar-refractivity contribution in [1.29, 1.82) is 0 Å². The van der Waals surface area contributed by atoms with Crippen LogP contribution in [0, 0.1) is 12.8 Å². The molecule has 18 heavy (non-hydrogen) atoms. The summed E-state index contributed by atoms with van der Waals surface area (Å²) in [6.45, 7) is 8.49. The number of rotatable bonds is 5. The van der Waals surface area contributed by atoms with Gasteiger partial charge in [-0.15, -0.1) is 11.3 Å². The molecule has 2 heterocycles. The van der Waals surface area contributed by atoms with Crippen LogP contribution in [0.3, 0.4) is 0 Å². The Labute approximate surface area is 122 Å². The fourth-order valence-corrected chi connectivity index (χ4v) is 4.50. The molecule has 1 aliphatic heterocycles. The number of hydrogen-bond acceptors (Lipinski definition) is 3. The van der Waals surface area contributed by atoms with Crippen LogP contribution in [0.15, 0.2) is 10.5 Å². The summed E-state index contributed by atoms with van der Waals surface area (Å²) in [6.07, 6.45) is 2.69. The van der Waals surface area contributed by atoms with Gasteiger partial charge in [-0.1, -0.05) is 13.8 Å². The Morgan fingerprint density at radius 2 is 2.33 bits per heavy atom. The molecule has 0 aliphatic carbocycles. The van der Waals surface area contributed by atoms with Crippen molar-refractivity contribution in [2.45, 2.75) is 45.8 Å². The third-order valence-electron chi connectivity index (χ3n) is 3.70. The highest BCUT2D eigenvalue weighted by molar-refractivity contribution is 9.10. The van der Waals surface area contributed by atoms with E-state index in [-0.39, 0.29) is 0 Å². The van der Waals surface area contributed by atoms with Crippen LogP contribution in [0.5, 0.6) is 0 Å². The highest BCUT2D eigenvalue weighted by Gasteiger charge is 2.34. The van der Waals surface area contributed by atoms with Crippen molar-refractivity contribution in [2.24, 2.45) is 5.92 Å². The molecule has 3 unspecified atom stereocenters. The van der Waals surface area contributed by atoms with Crippen LogP contribution < -0.4 is 5.32 Å². The third kappa shape index (κ3) is 2.98. The highest BCUT2D eigenvalue weighted by atomic mass is 79.9. The van der Waals surface area contributed by atoms with Gasteiger partial charge in [0.2, 0.25) is 0 Å². The van der Waals surface area contributed by atoms with Gasteiger partial charge >= 0.3 is 0 Å². The fourth-order valence-electron chi connectivity index (χ4n) is 2.78. The second kappa shape index (κ2) is 6.51. The van der Waals surface area contributed by atoms with Crippen LogP contribution in [0.2, 0.25) is 0 Å². The van der Waals surface area contributed by atoms with Gasteiger partial charge in [-0.3, -0.25) is 0 Å². The molecule has 2 nitrogen and oxygen atoms in total. The topological polar surface area (TPSA) is 21.3 Å². The van der Waals surface area contributed by atoms with E-state index in [1.54, 1.807) is 0 Å². The van der Waals surface area contributed by atoms with Crippen molar-refractivity contribution < 1.29 is 4.74 Å². The second-order valence-electron chi connectivity index (χ2n) is 4.86. The summed E-state index contributed by atoms with van der Waals surface area (Å²) in [5.41, 5.74) is 0. The Kier molecular flexibility index (Phi) is 5.24. The standard InChI is InChI=1S/C14H22BrNOS/c1-4-12-10(6-7-17-12)14(16-5-2)13-8-11(15)9(3)18-13/h8,10,12,14,16H,4-7H2,1-3H3. The van der Waals surface area contributed by atoms with Crippen molar-refractivity contribution in [2.75, 3.05) is 13.2 Å². The summed E-state index contributed by atoms with van der Waals surface area (Å²) in [5, 5.41) is 3.66. The first-order valence-corrected chi connectivity index (χ1v) is 8.39. The maximum Gasteiger partial charge on any atom is 0.0620 e. The Hall–Kier alpha value is 0.1000. The molecule has 2 rings (SSSR count). The first-order valence-electron chi connectivity index (χ1n) is 6.78. The van der Waals surface area contributed by atoms with E-state index in [1.807, 2.05) is 11.3 Å². The van der Waals surface area contributed by atoms with E-state index in [9.17, 15) is 0 Å². The monoisotopic (exact) mass is 331 g/mol. The van der Waals surface area contributed by atoms with Crippen LogP contribution in [-0.2, 0) is 4.74 Å². The molecule has 102 valence electrons. The molecule has 1 aromatic rings. The second-order valence-corrected chi connectivity index (χ2v) is 7.00. The molecule has 4 heteroatoms. The van der Waals surface area contributed by atoms with Gasteiger partial charge in [0, 0.05) is 32.8 Å². The van der Waals surface area contributed by atoms with E-state index >= 15 is 0 Å². The summed E-state index contributed by atoms with van der Waals surface area (Å²) >= 11 is 5.52. The largest absolute Gasteiger partial charge is 0.378 e. The zero-order valence-corrected chi connectivity index (χ0v) is 13.7. The molecular weight excluding hydrogens is 310 g/mol. The van der Waals surface area contributed by atoms with Gasteiger partial charge in [-0.05, 0) is 48.3 Å². The number of ether oxygens (including phenoxy) is 1. The first-order chi connectivity index (χ1) is 8.67. The molecule has 1 aromatic heterocycles. The third-order valence-corrected chi connectivity index (χ3v) is 5.92. The molecule has 1 saturated heterocycles. The van der Waals surface area contributed by atoms with Gasteiger partial charge in [-0.2, -0.15) is 0 Å². The zero-order valence-electron chi connectivity index (χ0n) is 11.3. The molecule has 1 fully saturated rings. The predicted molar refractivity (Wildman–Crippen MR) is 81.3 cm³/mol. The van der Waals surface area contributed by atoms with Crippen LogP contribution in [0.4, 0.5) is 0 Å². The van der Waals surface area contributed by atoms with Gasteiger partial charge < -0.3 is 10.1 Å². The Balaban J connectivity index is 2.21. The SMILES string of the molecule is CCNC(c1cc(Br)c(C)s1)C1CCOC1CC. The lowest BCUT2D eigenvalue weighted by molar-refractivity contribution is 0.0779. The molecular formula is C14H22BrNOS. The van der Waals surface area contributed by atoms with Gasteiger partial charge in [0.1, 0.15) is 0 Å². The lowest BCUT2D eigenvalue weighted by atomic mass is 9.90. The van der Waals surface area contributed by atoms with Crippen LogP contribution in [0.1, 0.15) is 42.5 Å². The van der Waals surface area contributed by atoms with E-state index in [0.717, 1.165) is 19.6 Å². The lowest BCUT2D eigenvalue weighted by Gasteiger charge is -2.27. The average Bonchev–Trinajstić information content (AvgIpc) is 2.94. The van der Waals surface area contributed by atoms with Gasteiger partial charge in [0.05, 0.1) is 6.10 Å². The molecule has 0 aromatic carbocycles. The maximum atomic E-state index is 5.85. The quantitative estimate of drug-likeness (QED) is 0.869. The van der Waals surface area contributed by atoms with Gasteiger partial charge in [-0.25, -0.2) is 0 Å². The molecule has 0 saturated carbocycles. The summed E-state index contributed by atoms with van der Waals surface area (Å²) in [5.74, 6) is 0.611. The van der Waals surface area contributed by atoms with Crippen LogP contribution in [0.25, 0.3) is 0 Å². The number of aryl methyl sites for hydroxylation is 1. The number of hydrogen-bond donors (Lipinski definition) is 1. The minimum Gasteiger partial charge on any atom is -0.378 e. The van der Waals surface area contributed by atoms with Crippen molar-refractivity contribution in [3.05, 3.63) is 20.3 Å². The molecule has 1 aliphatic rings. The van der Waals surface area contributed by atoms with Crippen molar-refractivity contribution in [1.82, 2.24) is 5.32 Å². The minimum atomic E-state index is 0.412. The van der Waals surface area contributed by atoms with E-state index in [1.165, 1.54) is 20.6 Å². The molecule has 0 amide bonds. The van der Waals surface area contributed by atoms with E-state index in [2.05, 4.69) is 48.1 Å². The average molecular weight is 332 g/mol. The number of thiophene rings is 1. The normalized spacial score (nSPS) is 25.6. The van der Waals surface area contributed by atoms with E-state index in [4.69, 9.17) is 4.74 Å². The minimum absolute atomic E-state index is 0.412. The van der Waals surface area contributed by atoms with E-state index < -0.39 is 0 Å². The van der Waals surface area contributed by atoms with E-state index in [0.29, 0.717) is 18.1 Å². The van der Waals surface area contributed by atoms with Crippen molar-refractivity contribution >= 4 is 27.3 Å². The first kappa shape index (κ1) is 14.5. The smallest absolute Gasteiger partial charge is 0.0620 e. The fraction of sp³-hybridized carbons (Fsp3) is 0.714. The Morgan fingerprint density at radius 1 is 1.56 bits per heavy atom. The van der Waals surface area contributed by atoms with Gasteiger partial charge in [0.25, 0.3) is 0 Å². The summed E-state index contributed by atoms with van der Waals surface area (Å²) < 4.78 is 7.09. The van der Waals surface area contributed by atoms with Crippen molar-refractivity contribution in [3.63, 3.8) is 0 Å². The molecule has 0 radical (unpaired) electrons. The van der Waals surface area contributed by atoms with Crippen LogP contribution >= 0.6 is 27.3 Å². The van der Waals surface area contributed by atoms with Gasteiger partial charge in [0.15, 0.2) is 0 Å². The Bertz CT molecular complexity index is 374. The number of nitrogens with one attached hydrogen (secondary N) is 1. The molecule has 0 spiro atoms. The summed E-state index contributed by atoms with van der Waals surface area (Å²) in [6, 6.07) is 2.72. The molecule has 3 atom stereocenters. The maximum absolute atomic E-state index is 5.85. The lowest BCUT2D eigenvalue weighted by Crippen LogP contribution is -2.32. The van der Waals surface area contributed by atoms with Crippen molar-refractivity contribution in [3.8, 4) is 0 Å². The molecule has 0 bridgehead atoms. The summed E-state index contributed by atoms with van der Waals surface area (Å²) in [7, 11) is 0. The zero-order chi connectivity index (χ0) is 13.1.